The van der Waals surface area contributed by atoms with Gasteiger partial charge in [0.05, 0.1) is 0 Å². The summed E-state index contributed by atoms with van der Waals surface area (Å²) in [6.45, 7) is 3.08. The summed E-state index contributed by atoms with van der Waals surface area (Å²) in [6.07, 6.45) is 2.71. The lowest BCUT2D eigenvalue weighted by molar-refractivity contribution is -0.134. The molecule has 1 N–H and O–H groups in total. The van der Waals surface area contributed by atoms with E-state index in [-0.39, 0.29) is 36.6 Å². The molecule has 2 aromatic rings. The highest BCUT2D eigenvalue weighted by atomic mass is 16.7. The van der Waals surface area contributed by atoms with Crippen LogP contribution in [0.15, 0.2) is 42.5 Å². The van der Waals surface area contributed by atoms with Crippen molar-refractivity contribution in [3.05, 3.63) is 59.2 Å². The highest BCUT2D eigenvalue weighted by Crippen LogP contribution is 2.37. The van der Waals surface area contributed by atoms with Gasteiger partial charge >= 0.3 is 6.03 Å². The van der Waals surface area contributed by atoms with Gasteiger partial charge in [-0.25, -0.2) is 4.79 Å². The number of likely N-dealkylation sites (tertiary alicyclic amines) is 1. The fourth-order valence-corrected chi connectivity index (χ4v) is 5.88. The second-order valence-corrected chi connectivity index (χ2v) is 9.77. The van der Waals surface area contributed by atoms with Crippen molar-refractivity contribution < 1.29 is 23.9 Å². The van der Waals surface area contributed by atoms with Gasteiger partial charge in [-0.05, 0) is 67.9 Å². The van der Waals surface area contributed by atoms with E-state index in [9.17, 15) is 14.4 Å². The Labute approximate surface area is 197 Å². The fourth-order valence-electron chi connectivity index (χ4n) is 5.88. The average Bonchev–Trinajstić information content (AvgIpc) is 3.54. The van der Waals surface area contributed by atoms with Crippen LogP contribution in [0, 0.1) is 5.92 Å². The number of rotatable bonds is 3. The number of carbonyl (C=O) groups is 3. The molecule has 0 radical (unpaired) electrons. The number of nitrogens with zero attached hydrogens (tertiary/aromatic N) is 2. The normalized spacial score (nSPS) is 24.5. The van der Waals surface area contributed by atoms with Gasteiger partial charge in [-0.2, -0.15) is 0 Å². The second-order valence-electron chi connectivity index (χ2n) is 9.77. The molecule has 0 aromatic heterocycles. The number of ether oxygens (including phenoxy) is 2. The minimum Gasteiger partial charge on any atom is -0.454 e. The van der Waals surface area contributed by atoms with Crippen molar-refractivity contribution in [2.75, 3.05) is 19.9 Å². The van der Waals surface area contributed by atoms with Gasteiger partial charge in [-0.15, -0.1) is 0 Å². The maximum Gasteiger partial charge on any atom is 0.325 e. The lowest BCUT2D eigenvalue weighted by Gasteiger charge is -2.39. The first kappa shape index (κ1) is 21.0. The third-order valence-corrected chi connectivity index (χ3v) is 7.86. The zero-order chi connectivity index (χ0) is 23.4. The molecule has 6 rings (SSSR count). The molecule has 1 aliphatic carbocycles. The van der Waals surface area contributed by atoms with Gasteiger partial charge in [-0.3, -0.25) is 14.5 Å². The SMILES string of the molecule is C[C@]1(C2CCN(C(=O)c3ccc4c(c3)OCO4)CC2)NC(=O)N(C2Cc3ccccc3C2)C1=O. The minimum absolute atomic E-state index is 0.0291. The van der Waals surface area contributed by atoms with Gasteiger partial charge in [0, 0.05) is 24.7 Å². The lowest BCUT2D eigenvalue weighted by atomic mass is 9.78. The van der Waals surface area contributed by atoms with E-state index in [4.69, 9.17) is 9.47 Å². The van der Waals surface area contributed by atoms with E-state index < -0.39 is 5.54 Å². The summed E-state index contributed by atoms with van der Waals surface area (Å²) in [5.41, 5.74) is 2.03. The number of carbonyl (C=O) groups excluding carboxylic acids is 3. The number of hydrogen-bond acceptors (Lipinski definition) is 5. The summed E-state index contributed by atoms with van der Waals surface area (Å²) in [7, 11) is 0. The molecule has 2 aromatic carbocycles. The van der Waals surface area contributed by atoms with Crippen molar-refractivity contribution in [3.63, 3.8) is 0 Å². The number of imide groups is 1. The number of urea groups is 1. The lowest BCUT2D eigenvalue weighted by Crippen LogP contribution is -2.55. The van der Waals surface area contributed by atoms with Gasteiger partial charge in [-0.1, -0.05) is 24.3 Å². The maximum absolute atomic E-state index is 13.6. The summed E-state index contributed by atoms with van der Waals surface area (Å²) in [5.74, 6) is 0.999. The number of benzene rings is 2. The number of fused-ring (bicyclic) bond motifs is 2. The third kappa shape index (κ3) is 3.23. The maximum atomic E-state index is 13.6. The van der Waals surface area contributed by atoms with Gasteiger partial charge in [0.2, 0.25) is 6.79 Å². The van der Waals surface area contributed by atoms with Crippen LogP contribution < -0.4 is 14.8 Å². The fraction of sp³-hybridized carbons (Fsp3) is 0.423. The molecule has 0 saturated carbocycles. The predicted molar refractivity (Wildman–Crippen MR) is 123 cm³/mol. The molecule has 1 atom stereocenters. The van der Waals surface area contributed by atoms with E-state index in [1.165, 1.54) is 16.0 Å². The Hall–Kier alpha value is -3.55. The van der Waals surface area contributed by atoms with Crippen LogP contribution in [0.4, 0.5) is 4.79 Å². The van der Waals surface area contributed by atoms with Gasteiger partial charge in [0.1, 0.15) is 5.54 Å². The van der Waals surface area contributed by atoms with Gasteiger partial charge in [0.15, 0.2) is 11.5 Å². The Balaban J connectivity index is 1.12. The molecule has 2 fully saturated rings. The van der Waals surface area contributed by atoms with Crippen LogP contribution in [0.25, 0.3) is 0 Å². The third-order valence-electron chi connectivity index (χ3n) is 7.86. The van der Waals surface area contributed by atoms with Crippen LogP contribution in [0.5, 0.6) is 11.5 Å². The Morgan fingerprint density at radius 2 is 1.68 bits per heavy atom. The topological polar surface area (TPSA) is 88.2 Å². The van der Waals surface area contributed by atoms with Gasteiger partial charge in [0.25, 0.3) is 11.8 Å². The van der Waals surface area contributed by atoms with Crippen molar-refractivity contribution in [1.82, 2.24) is 15.1 Å². The van der Waals surface area contributed by atoms with E-state index in [0.29, 0.717) is 55.8 Å². The van der Waals surface area contributed by atoms with E-state index in [2.05, 4.69) is 17.4 Å². The minimum atomic E-state index is -0.945. The summed E-state index contributed by atoms with van der Waals surface area (Å²) in [4.78, 5) is 42.8. The van der Waals surface area contributed by atoms with Crippen molar-refractivity contribution in [3.8, 4) is 11.5 Å². The van der Waals surface area contributed by atoms with Crippen molar-refractivity contribution in [1.29, 1.82) is 0 Å². The van der Waals surface area contributed by atoms with Crippen LogP contribution in [0.3, 0.4) is 0 Å². The first-order valence-corrected chi connectivity index (χ1v) is 11.9. The molecule has 3 aliphatic heterocycles. The standard InChI is InChI=1S/C26H27N3O5/c1-26(24(31)29(25(32)27-26)20-12-16-4-2-3-5-17(16)13-20)19-8-10-28(11-9-19)23(30)18-6-7-21-22(14-18)34-15-33-21/h2-7,14,19-20H,8-13,15H2,1H3,(H,27,32)/t26-/m1/s1. The number of piperidine rings is 1. The van der Waals surface area contributed by atoms with E-state index in [1.807, 2.05) is 24.0 Å². The molecule has 0 bridgehead atoms. The quantitative estimate of drug-likeness (QED) is 0.711. The number of nitrogens with one attached hydrogen (secondary N) is 1. The molecule has 34 heavy (non-hydrogen) atoms. The molecule has 0 spiro atoms. The summed E-state index contributed by atoms with van der Waals surface area (Å²) in [5, 5.41) is 3.01. The summed E-state index contributed by atoms with van der Waals surface area (Å²) < 4.78 is 10.7. The zero-order valence-corrected chi connectivity index (χ0v) is 19.1. The largest absolute Gasteiger partial charge is 0.454 e. The molecule has 4 amide bonds. The molecule has 4 aliphatic rings. The van der Waals surface area contributed by atoms with E-state index in [1.54, 1.807) is 18.2 Å². The van der Waals surface area contributed by atoms with Crippen LogP contribution in [0.2, 0.25) is 0 Å². The smallest absolute Gasteiger partial charge is 0.325 e. The molecular formula is C26H27N3O5. The molecule has 2 saturated heterocycles. The molecule has 0 unspecified atom stereocenters. The van der Waals surface area contributed by atoms with Crippen molar-refractivity contribution >= 4 is 17.8 Å². The molecule has 8 nitrogen and oxygen atoms in total. The van der Waals surface area contributed by atoms with Crippen LogP contribution in [-0.4, -0.2) is 59.1 Å². The number of hydrogen-bond donors (Lipinski definition) is 1. The molecule has 3 heterocycles. The monoisotopic (exact) mass is 461 g/mol. The van der Waals surface area contributed by atoms with Crippen molar-refractivity contribution in [2.24, 2.45) is 5.92 Å². The summed E-state index contributed by atoms with van der Waals surface area (Å²) in [6, 6.07) is 12.9. The Morgan fingerprint density at radius 1 is 1.00 bits per heavy atom. The van der Waals surface area contributed by atoms with Crippen molar-refractivity contribution in [2.45, 2.75) is 44.2 Å². The molecule has 8 heteroatoms. The second kappa shape index (κ2) is 7.75. The van der Waals surface area contributed by atoms with E-state index >= 15 is 0 Å². The van der Waals surface area contributed by atoms with Crippen LogP contribution >= 0.6 is 0 Å². The average molecular weight is 462 g/mol. The van der Waals surface area contributed by atoms with Gasteiger partial charge < -0.3 is 19.7 Å². The Bertz CT molecular complexity index is 1160. The highest BCUT2D eigenvalue weighted by molar-refractivity contribution is 6.07. The first-order valence-electron chi connectivity index (χ1n) is 11.9. The van der Waals surface area contributed by atoms with Crippen LogP contribution in [0.1, 0.15) is 41.3 Å². The van der Waals surface area contributed by atoms with Crippen LogP contribution in [-0.2, 0) is 17.6 Å². The first-order chi connectivity index (χ1) is 16.4. The zero-order valence-electron chi connectivity index (χ0n) is 19.1. The molecule has 176 valence electrons. The highest BCUT2D eigenvalue weighted by Gasteiger charge is 2.55. The number of amides is 4. The Morgan fingerprint density at radius 3 is 2.38 bits per heavy atom. The van der Waals surface area contributed by atoms with E-state index in [0.717, 1.165) is 0 Å². The predicted octanol–water partition coefficient (Wildman–Crippen LogP) is 2.75. The Kier molecular flexibility index (Phi) is 4.79. The summed E-state index contributed by atoms with van der Waals surface area (Å²) >= 11 is 0. The molecular weight excluding hydrogens is 434 g/mol.